The van der Waals surface area contributed by atoms with Crippen LogP contribution < -0.4 is 5.73 Å². The van der Waals surface area contributed by atoms with Crippen LogP contribution in [0.15, 0.2) is 12.1 Å². The molecule has 0 radical (unpaired) electrons. The van der Waals surface area contributed by atoms with E-state index in [1.165, 1.54) is 19.1 Å². The van der Waals surface area contributed by atoms with Gasteiger partial charge in [0.25, 0.3) is 0 Å². The van der Waals surface area contributed by atoms with Gasteiger partial charge in [-0.15, -0.1) is 0 Å². The Morgan fingerprint density at radius 3 is 2.65 bits per heavy atom. The van der Waals surface area contributed by atoms with Crippen LogP contribution in [0.5, 0.6) is 5.75 Å². The molecule has 0 aliphatic heterocycles. The third-order valence-corrected chi connectivity index (χ3v) is 2.36. The van der Waals surface area contributed by atoms with E-state index in [9.17, 15) is 20.0 Å². The Morgan fingerprint density at radius 2 is 2.18 bits per heavy atom. The van der Waals surface area contributed by atoms with Gasteiger partial charge in [-0.25, -0.2) is 0 Å². The van der Waals surface area contributed by atoms with Crippen molar-refractivity contribution in [3.63, 3.8) is 0 Å². The van der Waals surface area contributed by atoms with Crippen molar-refractivity contribution < 1.29 is 19.6 Å². The summed E-state index contributed by atoms with van der Waals surface area (Å²) in [7, 11) is 1.14. The predicted octanol–water partition coefficient (Wildman–Crippen LogP) is 0.782. The quantitative estimate of drug-likeness (QED) is 0.458. The fraction of sp³-hybridized carbons (Fsp3) is 0.300. The molecule has 0 saturated carbocycles. The zero-order valence-electron chi connectivity index (χ0n) is 9.34. The van der Waals surface area contributed by atoms with Crippen LogP contribution in [0, 0.1) is 17.0 Å². The van der Waals surface area contributed by atoms with Gasteiger partial charge in [0.05, 0.1) is 12.0 Å². The molecule has 0 saturated heterocycles. The lowest BCUT2D eigenvalue weighted by molar-refractivity contribution is -0.386. The van der Waals surface area contributed by atoms with Gasteiger partial charge in [-0.2, -0.15) is 0 Å². The highest BCUT2D eigenvalue weighted by atomic mass is 16.6. The van der Waals surface area contributed by atoms with Gasteiger partial charge in [0, 0.05) is 11.1 Å². The molecule has 17 heavy (non-hydrogen) atoms. The maximum atomic E-state index is 11.2. The molecule has 0 aromatic heterocycles. The van der Waals surface area contributed by atoms with Crippen molar-refractivity contribution in [1.29, 1.82) is 0 Å². The number of phenolic OH excluding ortho intramolecular Hbond substituents is 1. The van der Waals surface area contributed by atoms with E-state index >= 15 is 0 Å². The molecule has 0 bridgehead atoms. The number of ether oxygens (including phenoxy) is 1. The summed E-state index contributed by atoms with van der Waals surface area (Å²) in [5, 5.41) is 20.5. The second-order valence-electron chi connectivity index (χ2n) is 3.43. The number of hydrogen-bond donors (Lipinski definition) is 2. The normalized spacial score (nSPS) is 11.9. The molecular weight excluding hydrogens is 228 g/mol. The summed E-state index contributed by atoms with van der Waals surface area (Å²) < 4.78 is 4.41. The number of esters is 1. The fourth-order valence-corrected chi connectivity index (χ4v) is 1.43. The van der Waals surface area contributed by atoms with E-state index in [1.807, 2.05) is 0 Å². The van der Waals surface area contributed by atoms with Crippen molar-refractivity contribution in [2.45, 2.75) is 13.0 Å². The summed E-state index contributed by atoms with van der Waals surface area (Å²) in [5.41, 5.74) is 5.31. The summed E-state index contributed by atoms with van der Waals surface area (Å²) >= 11 is 0. The van der Waals surface area contributed by atoms with Crippen LogP contribution in [-0.2, 0) is 9.53 Å². The average Bonchev–Trinajstić information content (AvgIpc) is 2.27. The second-order valence-corrected chi connectivity index (χ2v) is 3.43. The van der Waals surface area contributed by atoms with Crippen molar-refractivity contribution in [3.8, 4) is 5.75 Å². The summed E-state index contributed by atoms with van der Waals surface area (Å²) in [6, 6.07) is 1.52. The Balaban J connectivity index is 3.33. The van der Waals surface area contributed by atoms with Gasteiger partial charge in [-0.3, -0.25) is 14.9 Å². The molecule has 7 nitrogen and oxygen atoms in total. The lowest BCUT2D eigenvalue weighted by Crippen LogP contribution is -2.22. The maximum Gasteiger partial charge on any atom is 0.327 e. The number of nitrogens with zero attached hydrogens (tertiary/aromatic N) is 1. The number of benzene rings is 1. The molecule has 0 unspecified atom stereocenters. The number of nitrogens with two attached hydrogens (primary N) is 1. The minimum absolute atomic E-state index is 0.0332. The Kier molecular flexibility index (Phi) is 3.64. The summed E-state index contributed by atoms with van der Waals surface area (Å²) in [5.74, 6) is -1.38. The van der Waals surface area contributed by atoms with Crippen LogP contribution >= 0.6 is 0 Å². The highest BCUT2D eigenvalue weighted by Gasteiger charge is 2.27. The first-order valence-corrected chi connectivity index (χ1v) is 4.70. The SMILES string of the molecule is COC(=O)[C@@H](N)c1ccc(C)c([N+](=O)[O-])c1O. The molecule has 0 amide bonds. The lowest BCUT2D eigenvalue weighted by Gasteiger charge is -2.12. The fourth-order valence-electron chi connectivity index (χ4n) is 1.43. The van der Waals surface area contributed by atoms with E-state index in [1.54, 1.807) is 0 Å². The number of methoxy groups -OCH3 is 1. The van der Waals surface area contributed by atoms with E-state index in [-0.39, 0.29) is 11.1 Å². The zero-order valence-corrected chi connectivity index (χ0v) is 9.34. The zero-order chi connectivity index (χ0) is 13.2. The van der Waals surface area contributed by atoms with Crippen LogP contribution in [0.25, 0.3) is 0 Å². The number of aryl methyl sites for hydroxylation is 1. The summed E-state index contributed by atoms with van der Waals surface area (Å²) in [4.78, 5) is 21.2. The molecule has 1 aromatic carbocycles. The molecule has 0 spiro atoms. The minimum atomic E-state index is -1.25. The number of nitro benzene ring substituents is 1. The molecule has 7 heteroatoms. The first-order chi connectivity index (χ1) is 7.90. The number of carbonyl (C=O) groups is 1. The first kappa shape index (κ1) is 12.9. The highest BCUT2D eigenvalue weighted by molar-refractivity contribution is 5.79. The van der Waals surface area contributed by atoms with Crippen LogP contribution in [0.4, 0.5) is 5.69 Å². The second kappa shape index (κ2) is 4.79. The van der Waals surface area contributed by atoms with Crippen LogP contribution in [-0.4, -0.2) is 23.1 Å². The molecular formula is C10H12N2O5. The van der Waals surface area contributed by atoms with E-state index in [4.69, 9.17) is 5.73 Å². The number of nitro groups is 1. The standard InChI is InChI=1S/C10H12N2O5/c1-5-3-4-6(7(11)10(14)17-2)9(13)8(5)12(15)16/h3-4,7,13H,11H2,1-2H3/t7-/m0/s1. The number of carbonyl (C=O) groups excluding carboxylic acids is 1. The smallest absolute Gasteiger partial charge is 0.327 e. The molecule has 0 aliphatic rings. The van der Waals surface area contributed by atoms with Gasteiger partial charge in [0.15, 0.2) is 5.75 Å². The number of rotatable bonds is 3. The van der Waals surface area contributed by atoms with E-state index in [0.717, 1.165) is 7.11 Å². The predicted molar refractivity (Wildman–Crippen MR) is 58.4 cm³/mol. The Hall–Kier alpha value is -2.15. The Labute approximate surface area is 97.0 Å². The molecule has 1 rings (SSSR count). The van der Waals surface area contributed by atoms with Gasteiger partial charge in [-0.05, 0) is 6.92 Å². The topological polar surface area (TPSA) is 116 Å². The third kappa shape index (κ3) is 2.34. The van der Waals surface area contributed by atoms with Gasteiger partial charge in [-0.1, -0.05) is 12.1 Å². The van der Waals surface area contributed by atoms with Crippen LogP contribution in [0.2, 0.25) is 0 Å². The number of phenols is 1. The highest BCUT2D eigenvalue weighted by Crippen LogP contribution is 2.35. The van der Waals surface area contributed by atoms with Crippen LogP contribution in [0.3, 0.4) is 0 Å². The summed E-state index contributed by atoms with van der Waals surface area (Å²) in [6.45, 7) is 1.48. The van der Waals surface area contributed by atoms with Crippen molar-refractivity contribution >= 4 is 11.7 Å². The molecule has 92 valence electrons. The van der Waals surface area contributed by atoms with Crippen LogP contribution in [0.1, 0.15) is 17.2 Å². The van der Waals surface area contributed by atoms with E-state index in [0.29, 0.717) is 0 Å². The van der Waals surface area contributed by atoms with Gasteiger partial charge in [0.1, 0.15) is 6.04 Å². The Morgan fingerprint density at radius 1 is 1.59 bits per heavy atom. The van der Waals surface area contributed by atoms with Crippen molar-refractivity contribution in [3.05, 3.63) is 33.4 Å². The van der Waals surface area contributed by atoms with Crippen molar-refractivity contribution in [2.75, 3.05) is 7.11 Å². The van der Waals surface area contributed by atoms with Gasteiger partial charge in [0.2, 0.25) is 0 Å². The molecule has 0 heterocycles. The molecule has 0 aliphatic carbocycles. The molecule has 0 fully saturated rings. The Bertz CT molecular complexity index is 472. The monoisotopic (exact) mass is 240 g/mol. The van der Waals surface area contributed by atoms with E-state index in [2.05, 4.69) is 4.74 Å². The van der Waals surface area contributed by atoms with Crippen molar-refractivity contribution in [1.82, 2.24) is 0 Å². The molecule has 1 atom stereocenters. The summed E-state index contributed by atoms with van der Waals surface area (Å²) in [6.07, 6.45) is 0. The minimum Gasteiger partial charge on any atom is -0.502 e. The lowest BCUT2D eigenvalue weighted by atomic mass is 10.0. The molecule has 3 N–H and O–H groups in total. The number of aromatic hydroxyl groups is 1. The van der Waals surface area contributed by atoms with E-state index < -0.39 is 28.4 Å². The largest absolute Gasteiger partial charge is 0.502 e. The first-order valence-electron chi connectivity index (χ1n) is 4.70. The van der Waals surface area contributed by atoms with Gasteiger partial charge < -0.3 is 15.6 Å². The average molecular weight is 240 g/mol. The van der Waals surface area contributed by atoms with Gasteiger partial charge >= 0.3 is 11.7 Å². The number of hydrogen-bond acceptors (Lipinski definition) is 6. The van der Waals surface area contributed by atoms with Crippen molar-refractivity contribution in [2.24, 2.45) is 5.73 Å². The maximum absolute atomic E-state index is 11.2. The molecule has 1 aromatic rings. The third-order valence-electron chi connectivity index (χ3n) is 2.36.